The summed E-state index contributed by atoms with van der Waals surface area (Å²) in [5.41, 5.74) is 0.913. The first kappa shape index (κ1) is 32.2. The molecule has 0 radical (unpaired) electrons. The molecule has 0 aliphatic carbocycles. The Morgan fingerprint density at radius 2 is 1.95 bits per heavy atom. The van der Waals surface area contributed by atoms with Crippen LogP contribution in [0.3, 0.4) is 0 Å². The lowest BCUT2D eigenvalue weighted by Gasteiger charge is -2.27. The highest BCUT2D eigenvalue weighted by Gasteiger charge is 2.36. The fourth-order valence-electron chi connectivity index (χ4n) is 5.07. The summed E-state index contributed by atoms with van der Waals surface area (Å²) >= 11 is 0. The van der Waals surface area contributed by atoms with Crippen molar-refractivity contribution >= 4 is 34.6 Å². The molecule has 12 nitrogen and oxygen atoms in total. The summed E-state index contributed by atoms with van der Waals surface area (Å²) < 4.78 is 5.91. The van der Waals surface area contributed by atoms with Crippen molar-refractivity contribution in [2.45, 2.75) is 83.1 Å². The number of ether oxygens (including phenoxy) is 1. The molecular formula is C29H45N5O7. The Kier molecular flexibility index (Phi) is 11.8. The van der Waals surface area contributed by atoms with Crippen molar-refractivity contribution in [2.24, 2.45) is 0 Å². The Hall–Kier alpha value is -3.35. The third-order valence-corrected chi connectivity index (χ3v) is 7.39. The number of amides is 1. The first-order valence-corrected chi connectivity index (χ1v) is 14.4. The van der Waals surface area contributed by atoms with Crippen LogP contribution in [0.25, 0.3) is 10.9 Å². The predicted molar refractivity (Wildman–Crippen MR) is 156 cm³/mol. The van der Waals surface area contributed by atoms with E-state index in [1.165, 1.54) is 4.90 Å². The molecule has 0 saturated carbocycles. The number of carboxylic acids is 2. The lowest BCUT2D eigenvalue weighted by atomic mass is 10.1. The number of rotatable bonds is 17. The second kappa shape index (κ2) is 15.0. The number of aromatic nitrogens is 1. The van der Waals surface area contributed by atoms with Gasteiger partial charge in [0, 0.05) is 38.1 Å². The number of hydrogen-bond acceptors (Lipinski definition) is 8. The minimum absolute atomic E-state index is 0.177. The van der Waals surface area contributed by atoms with Crippen LogP contribution in [0, 0.1) is 0 Å². The molecule has 1 fully saturated rings. The summed E-state index contributed by atoms with van der Waals surface area (Å²) in [6, 6.07) is 5.45. The summed E-state index contributed by atoms with van der Waals surface area (Å²) in [6.45, 7) is 7.29. The van der Waals surface area contributed by atoms with Crippen LogP contribution in [0.1, 0.15) is 52.9 Å². The van der Waals surface area contributed by atoms with E-state index in [-0.39, 0.29) is 18.6 Å². The van der Waals surface area contributed by atoms with Gasteiger partial charge in [-0.1, -0.05) is 19.9 Å². The maximum Gasteiger partial charge on any atom is 0.326 e. The van der Waals surface area contributed by atoms with Gasteiger partial charge in [0.2, 0.25) is 5.91 Å². The van der Waals surface area contributed by atoms with E-state index in [4.69, 9.17) is 4.74 Å². The quantitative estimate of drug-likeness (QED) is 0.154. The zero-order valence-electron chi connectivity index (χ0n) is 24.4. The minimum Gasteiger partial charge on any atom is -0.490 e. The van der Waals surface area contributed by atoms with Crippen molar-refractivity contribution in [3.8, 4) is 5.75 Å². The number of aliphatic carboxylic acids is 2. The first-order valence-electron chi connectivity index (χ1n) is 14.4. The van der Waals surface area contributed by atoms with Gasteiger partial charge in [0.05, 0.1) is 11.6 Å². The van der Waals surface area contributed by atoms with E-state index < -0.39 is 36.2 Å². The van der Waals surface area contributed by atoms with Crippen molar-refractivity contribution < 1.29 is 34.4 Å². The van der Waals surface area contributed by atoms with Crippen molar-refractivity contribution in [1.29, 1.82) is 0 Å². The van der Waals surface area contributed by atoms with Gasteiger partial charge in [-0.15, -0.1) is 0 Å². The Balaban J connectivity index is 1.49. The Morgan fingerprint density at radius 1 is 1.20 bits per heavy atom. The zero-order chi connectivity index (χ0) is 30.1. The average Bonchev–Trinajstić information content (AvgIpc) is 3.59. The molecule has 2 heterocycles. The van der Waals surface area contributed by atoms with E-state index in [2.05, 4.69) is 20.5 Å². The molecular weight excluding hydrogens is 530 g/mol. The summed E-state index contributed by atoms with van der Waals surface area (Å²) in [5.74, 6) is -0.880. The molecule has 2 aromatic rings. The Labute approximate surface area is 241 Å². The van der Waals surface area contributed by atoms with Crippen LogP contribution in [-0.2, 0) is 14.4 Å². The third kappa shape index (κ3) is 9.07. The van der Waals surface area contributed by atoms with Gasteiger partial charge in [-0.05, 0) is 57.2 Å². The molecule has 1 aromatic carbocycles. The van der Waals surface area contributed by atoms with Crippen molar-refractivity contribution in [1.82, 2.24) is 20.5 Å². The predicted octanol–water partition coefficient (Wildman–Crippen LogP) is 2.02. The molecule has 12 heteroatoms. The van der Waals surface area contributed by atoms with Crippen molar-refractivity contribution in [3.05, 3.63) is 24.3 Å². The fraction of sp³-hybridized carbons (Fsp3) is 0.621. The molecule has 3 rings (SSSR count). The molecule has 41 heavy (non-hydrogen) atoms. The van der Waals surface area contributed by atoms with Crippen molar-refractivity contribution in [2.75, 3.05) is 38.2 Å². The molecule has 4 atom stereocenters. The number of carbonyl (C=O) groups is 3. The largest absolute Gasteiger partial charge is 0.490 e. The van der Waals surface area contributed by atoms with E-state index in [9.17, 15) is 29.7 Å². The number of aliphatic hydroxyl groups is 1. The number of unbranched alkanes of at least 4 members (excludes halogenated alkanes) is 1. The SMILES string of the molecule is CC(C)NCC(O)COc1cccc2[nH]c(N(C)CCCCC(N[C@@H](C)C(=O)N3CCC[C@H]3C(=O)O)C(=O)O)cc12. The number of aliphatic hydroxyl groups excluding tert-OH is 1. The van der Waals surface area contributed by atoms with E-state index in [0.717, 1.165) is 23.1 Å². The number of fused-ring (bicyclic) bond motifs is 1. The first-order chi connectivity index (χ1) is 19.5. The fourth-order valence-corrected chi connectivity index (χ4v) is 5.07. The maximum atomic E-state index is 12.8. The van der Waals surface area contributed by atoms with Crippen molar-refractivity contribution in [3.63, 3.8) is 0 Å². The number of nitrogens with one attached hydrogen (secondary N) is 3. The monoisotopic (exact) mass is 575 g/mol. The maximum absolute atomic E-state index is 12.8. The number of hydrogen-bond donors (Lipinski definition) is 6. The van der Waals surface area contributed by atoms with Crippen LogP contribution in [0.5, 0.6) is 5.75 Å². The molecule has 1 amide bonds. The van der Waals surface area contributed by atoms with Gasteiger partial charge in [-0.25, -0.2) is 4.79 Å². The number of carbonyl (C=O) groups excluding carboxylic acids is 1. The molecule has 228 valence electrons. The highest BCUT2D eigenvalue weighted by molar-refractivity contribution is 5.90. The van der Waals surface area contributed by atoms with Crippen LogP contribution in [0.2, 0.25) is 0 Å². The van der Waals surface area contributed by atoms with E-state index in [0.29, 0.717) is 51.1 Å². The van der Waals surface area contributed by atoms with E-state index in [1.54, 1.807) is 6.92 Å². The number of H-pyrrole nitrogens is 1. The van der Waals surface area contributed by atoms with Gasteiger partial charge >= 0.3 is 11.9 Å². The second-order valence-corrected chi connectivity index (χ2v) is 11.1. The van der Waals surface area contributed by atoms with Crippen LogP contribution < -0.4 is 20.3 Å². The average molecular weight is 576 g/mol. The van der Waals surface area contributed by atoms with Crippen LogP contribution >= 0.6 is 0 Å². The summed E-state index contributed by atoms with van der Waals surface area (Å²) in [7, 11) is 1.95. The normalized spacial score (nSPS) is 17.5. The van der Waals surface area contributed by atoms with Gasteiger partial charge in [0.15, 0.2) is 0 Å². The number of likely N-dealkylation sites (tertiary alicyclic amines) is 1. The molecule has 1 aromatic heterocycles. The Bertz CT molecular complexity index is 1170. The lowest BCUT2D eigenvalue weighted by Crippen LogP contribution is -2.53. The molecule has 1 saturated heterocycles. The van der Waals surface area contributed by atoms with Crippen LogP contribution in [0.15, 0.2) is 24.3 Å². The standard InChI is InChI=1S/C29H45N5O7/c1-18(2)30-16-20(35)17-41-25-12-7-10-22-21(25)15-26(32-22)33(4)13-6-5-9-23(28(37)38)31-19(3)27(36)34-14-8-11-24(34)29(39)40/h7,10,12,15,18-20,23-24,30-32,35H,5-6,8-9,11,13-14,16-17H2,1-4H3,(H,37,38)(H,39,40)/t19-,20?,23?,24-/m0/s1. The number of benzene rings is 1. The third-order valence-electron chi connectivity index (χ3n) is 7.39. The number of nitrogens with zero attached hydrogens (tertiary/aromatic N) is 2. The number of carboxylic acid groups (broad SMARTS) is 2. The lowest BCUT2D eigenvalue weighted by molar-refractivity contribution is -0.149. The van der Waals surface area contributed by atoms with Gasteiger partial charge in [-0.3, -0.25) is 14.9 Å². The number of aromatic amines is 1. The van der Waals surface area contributed by atoms with E-state index in [1.807, 2.05) is 45.2 Å². The topological polar surface area (TPSA) is 167 Å². The molecule has 1 aliphatic heterocycles. The molecule has 2 unspecified atom stereocenters. The van der Waals surface area contributed by atoms with Gasteiger partial charge in [0.25, 0.3) is 0 Å². The van der Waals surface area contributed by atoms with Crippen LogP contribution in [0.4, 0.5) is 5.82 Å². The van der Waals surface area contributed by atoms with Gasteiger partial charge in [0.1, 0.15) is 36.4 Å². The smallest absolute Gasteiger partial charge is 0.326 e. The zero-order valence-corrected chi connectivity index (χ0v) is 24.4. The number of anilines is 1. The van der Waals surface area contributed by atoms with E-state index >= 15 is 0 Å². The molecule has 6 N–H and O–H groups in total. The summed E-state index contributed by atoms with van der Waals surface area (Å²) in [4.78, 5) is 42.9. The Morgan fingerprint density at radius 3 is 2.63 bits per heavy atom. The van der Waals surface area contributed by atoms with Gasteiger partial charge in [-0.2, -0.15) is 0 Å². The van der Waals surface area contributed by atoms with Gasteiger partial charge < -0.3 is 40.2 Å². The summed E-state index contributed by atoms with van der Waals surface area (Å²) in [6.07, 6.45) is 2.09. The summed E-state index contributed by atoms with van der Waals surface area (Å²) in [5, 5.41) is 36.2. The van der Waals surface area contributed by atoms with Crippen LogP contribution in [-0.4, -0.2) is 107 Å². The molecule has 0 bridgehead atoms. The highest BCUT2D eigenvalue weighted by Crippen LogP contribution is 2.30. The second-order valence-electron chi connectivity index (χ2n) is 11.1. The minimum atomic E-state index is -1.04. The highest BCUT2D eigenvalue weighted by atomic mass is 16.5. The molecule has 1 aliphatic rings. The molecule has 0 spiro atoms.